The Hall–Kier alpha value is -0.482. The average molecular weight is 205 g/mol. The summed E-state index contributed by atoms with van der Waals surface area (Å²) in [6.45, 7) is 2.16. The van der Waals surface area contributed by atoms with Crippen LogP contribution in [0.2, 0.25) is 5.71 Å². The second kappa shape index (κ2) is 2.53. The minimum atomic E-state index is -0.856. The molecule has 0 amide bonds. The average Bonchev–Trinajstić information content (AvgIpc) is 2.30. The van der Waals surface area contributed by atoms with Crippen LogP contribution in [0.1, 0.15) is 12.5 Å². The molecule has 0 fully saturated rings. The van der Waals surface area contributed by atoms with Crippen molar-refractivity contribution in [1.29, 1.82) is 0 Å². The molecule has 1 aromatic rings. The monoisotopic (exact) mass is 205 g/mol. The number of allylic oxidation sites excluding steroid dienone is 1. The van der Waals surface area contributed by atoms with E-state index < -0.39 is 14.7 Å². The van der Waals surface area contributed by atoms with Crippen molar-refractivity contribution < 1.29 is 0 Å². The van der Waals surface area contributed by atoms with E-state index in [1.165, 1.54) is 11.1 Å². The number of fused-ring (bicyclic) bond motifs is 1. The summed E-state index contributed by atoms with van der Waals surface area (Å²) in [7, 11) is 0. The summed E-state index contributed by atoms with van der Waals surface area (Å²) in [6.07, 6.45) is 0. The van der Waals surface area contributed by atoms with Crippen LogP contribution in [0.5, 0.6) is 0 Å². The van der Waals surface area contributed by atoms with Gasteiger partial charge in [-0.1, -0.05) is 0 Å². The van der Waals surface area contributed by atoms with Crippen LogP contribution in [0, 0.1) is 4.86 Å². The first-order valence-electron chi connectivity index (χ1n) is 3.72. The van der Waals surface area contributed by atoms with Crippen LogP contribution in [0.25, 0.3) is 5.57 Å². The molecular weight excluding hydrogens is 195 g/mol. The minimum absolute atomic E-state index is 0.856. The van der Waals surface area contributed by atoms with Gasteiger partial charge in [-0.2, -0.15) is 0 Å². The Morgan fingerprint density at radius 2 is 2.00 bits per heavy atom. The topological polar surface area (TPSA) is 0 Å². The zero-order chi connectivity index (χ0) is 7.84. The fraction of sp³-hybridized carbons (Fsp3) is 0.200. The van der Waals surface area contributed by atoms with Gasteiger partial charge in [-0.15, -0.1) is 0 Å². The van der Waals surface area contributed by atoms with Gasteiger partial charge < -0.3 is 0 Å². The normalized spacial score (nSPS) is 21.3. The third kappa shape index (κ3) is 1.06. The van der Waals surface area contributed by atoms with Gasteiger partial charge in [-0.3, -0.25) is 0 Å². The van der Waals surface area contributed by atoms with Crippen molar-refractivity contribution in [2.45, 2.75) is 12.6 Å². The van der Waals surface area contributed by atoms with E-state index in [4.69, 9.17) is 0 Å². The van der Waals surface area contributed by atoms with E-state index in [1.54, 1.807) is 4.35 Å². The third-order valence-corrected chi connectivity index (χ3v) is 5.75. The van der Waals surface area contributed by atoms with Crippen LogP contribution >= 0.6 is 0 Å². The summed E-state index contributed by atoms with van der Waals surface area (Å²) in [6, 6.07) is 8.69. The van der Waals surface area contributed by atoms with Crippen molar-refractivity contribution in [1.82, 2.24) is 0 Å². The standard InChI is InChI=1S/C10H10As/c1-8-7-11(2)10-6-4-3-5-9(8)10/h3-6H,1-2H3. The summed E-state index contributed by atoms with van der Waals surface area (Å²) < 4.78 is 1.57. The molecule has 0 bridgehead atoms. The van der Waals surface area contributed by atoms with Crippen LogP contribution in [0.3, 0.4) is 0 Å². The van der Waals surface area contributed by atoms with Crippen LogP contribution in [0.15, 0.2) is 24.3 Å². The Balaban J connectivity index is 2.62. The third-order valence-electron chi connectivity index (χ3n) is 2.00. The second-order valence-corrected chi connectivity index (χ2v) is 6.64. The van der Waals surface area contributed by atoms with E-state index in [1.807, 2.05) is 0 Å². The zero-order valence-electron chi connectivity index (χ0n) is 6.76. The molecule has 0 nitrogen and oxygen atoms in total. The predicted octanol–water partition coefficient (Wildman–Crippen LogP) is 1.78. The first-order chi connectivity index (χ1) is 5.29. The van der Waals surface area contributed by atoms with Gasteiger partial charge in [-0.25, -0.2) is 0 Å². The molecule has 1 heterocycles. The maximum atomic E-state index is 3.54. The number of benzene rings is 1. The van der Waals surface area contributed by atoms with Gasteiger partial charge in [0, 0.05) is 0 Å². The molecule has 1 radical (unpaired) electrons. The van der Waals surface area contributed by atoms with E-state index in [0.29, 0.717) is 0 Å². The van der Waals surface area contributed by atoms with E-state index >= 15 is 0 Å². The van der Waals surface area contributed by atoms with Crippen molar-refractivity contribution >= 4 is 24.6 Å². The van der Waals surface area contributed by atoms with Crippen LogP contribution in [0.4, 0.5) is 0 Å². The molecule has 11 heavy (non-hydrogen) atoms. The van der Waals surface area contributed by atoms with Crippen molar-refractivity contribution in [3.05, 3.63) is 34.7 Å². The van der Waals surface area contributed by atoms with Gasteiger partial charge in [0.15, 0.2) is 0 Å². The molecule has 0 aromatic heterocycles. The number of hydrogen-bond acceptors (Lipinski definition) is 0. The molecule has 1 aliphatic rings. The summed E-state index contributed by atoms with van der Waals surface area (Å²) in [5.74, 6) is 0. The van der Waals surface area contributed by atoms with E-state index in [-0.39, 0.29) is 0 Å². The summed E-state index contributed by atoms with van der Waals surface area (Å²) >= 11 is -0.856. The molecular formula is C10H10As. The van der Waals surface area contributed by atoms with E-state index in [9.17, 15) is 0 Å². The molecule has 1 aromatic carbocycles. The first-order valence-corrected chi connectivity index (χ1v) is 7.47. The molecule has 0 aliphatic carbocycles. The van der Waals surface area contributed by atoms with Crippen molar-refractivity contribution in [3.63, 3.8) is 0 Å². The quantitative estimate of drug-likeness (QED) is 0.566. The summed E-state index contributed by atoms with van der Waals surface area (Å²) in [5, 5.41) is 0. The Bertz CT molecular complexity index is 312. The van der Waals surface area contributed by atoms with Crippen LogP contribution in [-0.4, -0.2) is 14.7 Å². The van der Waals surface area contributed by atoms with Gasteiger partial charge in [0.1, 0.15) is 0 Å². The molecule has 0 spiro atoms. The Morgan fingerprint density at radius 1 is 1.27 bits per heavy atom. The van der Waals surface area contributed by atoms with Gasteiger partial charge in [0.05, 0.1) is 0 Å². The fourth-order valence-electron chi connectivity index (χ4n) is 1.46. The number of hydrogen-bond donors (Lipinski definition) is 0. The van der Waals surface area contributed by atoms with Crippen molar-refractivity contribution in [2.75, 3.05) is 0 Å². The summed E-state index contributed by atoms with van der Waals surface area (Å²) in [4.78, 5) is 3.54. The van der Waals surface area contributed by atoms with Gasteiger partial charge >= 0.3 is 71.9 Å². The van der Waals surface area contributed by atoms with E-state index in [2.05, 4.69) is 41.8 Å². The molecule has 0 saturated heterocycles. The van der Waals surface area contributed by atoms with Gasteiger partial charge in [0.2, 0.25) is 0 Å². The molecule has 1 unspecified atom stereocenters. The SMILES string of the molecule is CC1=[C][As](C)c2ccccc21. The van der Waals surface area contributed by atoms with Gasteiger partial charge in [0.25, 0.3) is 0 Å². The molecule has 0 saturated carbocycles. The Kier molecular flexibility index (Phi) is 1.65. The second-order valence-electron chi connectivity index (χ2n) is 2.81. The summed E-state index contributed by atoms with van der Waals surface area (Å²) in [5.41, 5.74) is 5.14. The molecule has 1 atom stereocenters. The zero-order valence-corrected chi connectivity index (χ0v) is 8.63. The molecule has 0 N–H and O–H groups in total. The van der Waals surface area contributed by atoms with Crippen molar-refractivity contribution in [2.24, 2.45) is 0 Å². The van der Waals surface area contributed by atoms with Crippen LogP contribution in [-0.2, 0) is 0 Å². The fourth-order valence-corrected chi connectivity index (χ4v) is 4.93. The Labute approximate surface area is 72.2 Å². The predicted molar refractivity (Wildman–Crippen MR) is 50.0 cm³/mol. The number of rotatable bonds is 0. The molecule has 55 valence electrons. The van der Waals surface area contributed by atoms with Crippen molar-refractivity contribution in [3.8, 4) is 0 Å². The maximum absolute atomic E-state index is 3.54. The first kappa shape index (κ1) is 7.18. The van der Waals surface area contributed by atoms with Crippen LogP contribution < -0.4 is 4.35 Å². The van der Waals surface area contributed by atoms with E-state index in [0.717, 1.165) is 0 Å². The van der Waals surface area contributed by atoms with Gasteiger partial charge in [-0.05, 0) is 0 Å². The Morgan fingerprint density at radius 3 is 2.73 bits per heavy atom. The molecule has 2 rings (SSSR count). The molecule has 1 heteroatoms. The molecule has 1 aliphatic heterocycles.